The Bertz CT molecular complexity index is 694. The highest BCUT2D eigenvalue weighted by molar-refractivity contribution is 5.97. The smallest absolute Gasteiger partial charge is 0.262 e. The molecule has 2 aromatic carbocycles. The first-order valence-electron chi connectivity index (χ1n) is 7.32. The lowest BCUT2D eigenvalue weighted by Crippen LogP contribution is -2.43. The van der Waals surface area contributed by atoms with Gasteiger partial charge in [-0.1, -0.05) is 48.0 Å². The second kappa shape index (κ2) is 7.89. The molecular weight excluding hydrogens is 290 g/mol. The molecule has 0 fully saturated rings. The van der Waals surface area contributed by atoms with Crippen molar-refractivity contribution in [1.82, 2.24) is 10.7 Å². The SMILES string of the molecule is Cc1ccc(/C=N\NC(=O)[C@H](C)NC(=O)c2ccccc2)cc1. The lowest BCUT2D eigenvalue weighted by molar-refractivity contribution is -0.122. The molecule has 0 aliphatic carbocycles. The summed E-state index contributed by atoms with van der Waals surface area (Å²) in [5.74, 6) is -0.673. The second-order valence-electron chi connectivity index (χ2n) is 5.21. The summed E-state index contributed by atoms with van der Waals surface area (Å²) < 4.78 is 0. The molecule has 2 N–H and O–H groups in total. The topological polar surface area (TPSA) is 70.6 Å². The van der Waals surface area contributed by atoms with Gasteiger partial charge in [0.05, 0.1) is 6.21 Å². The first-order chi connectivity index (χ1) is 11.1. The summed E-state index contributed by atoms with van der Waals surface area (Å²) in [4.78, 5) is 23.9. The molecule has 0 saturated carbocycles. The van der Waals surface area contributed by atoms with Gasteiger partial charge in [-0.2, -0.15) is 5.10 Å². The molecule has 0 heterocycles. The predicted molar refractivity (Wildman–Crippen MR) is 90.3 cm³/mol. The highest BCUT2D eigenvalue weighted by Gasteiger charge is 2.15. The van der Waals surface area contributed by atoms with E-state index in [1.54, 1.807) is 37.4 Å². The maximum atomic E-state index is 12.0. The normalized spacial score (nSPS) is 11.9. The van der Waals surface area contributed by atoms with Crippen LogP contribution in [0.2, 0.25) is 0 Å². The van der Waals surface area contributed by atoms with Gasteiger partial charge in [0.2, 0.25) is 0 Å². The first kappa shape index (κ1) is 16.4. The highest BCUT2D eigenvalue weighted by Crippen LogP contribution is 2.00. The number of amides is 2. The van der Waals surface area contributed by atoms with Crippen LogP contribution in [0.3, 0.4) is 0 Å². The zero-order chi connectivity index (χ0) is 16.7. The molecule has 0 aliphatic heterocycles. The molecule has 2 rings (SSSR count). The van der Waals surface area contributed by atoms with Gasteiger partial charge in [-0.3, -0.25) is 9.59 Å². The van der Waals surface area contributed by atoms with Gasteiger partial charge in [0.1, 0.15) is 6.04 Å². The average Bonchev–Trinajstić information content (AvgIpc) is 2.57. The zero-order valence-electron chi connectivity index (χ0n) is 13.1. The van der Waals surface area contributed by atoms with E-state index in [1.807, 2.05) is 37.3 Å². The van der Waals surface area contributed by atoms with Crippen molar-refractivity contribution in [2.75, 3.05) is 0 Å². The number of hydrogen-bond acceptors (Lipinski definition) is 3. The van der Waals surface area contributed by atoms with Crippen LogP contribution >= 0.6 is 0 Å². The van der Waals surface area contributed by atoms with Crippen molar-refractivity contribution in [3.63, 3.8) is 0 Å². The maximum absolute atomic E-state index is 12.0. The van der Waals surface area contributed by atoms with Gasteiger partial charge in [-0.05, 0) is 31.5 Å². The van der Waals surface area contributed by atoms with Crippen LogP contribution in [0.5, 0.6) is 0 Å². The Kier molecular flexibility index (Phi) is 5.63. The Hall–Kier alpha value is -2.95. The quantitative estimate of drug-likeness (QED) is 0.657. The Morgan fingerprint density at radius 1 is 1.04 bits per heavy atom. The average molecular weight is 309 g/mol. The Balaban J connectivity index is 1.85. The van der Waals surface area contributed by atoms with Crippen LogP contribution in [-0.2, 0) is 4.79 Å². The number of carbonyl (C=O) groups is 2. The van der Waals surface area contributed by atoms with Crippen molar-refractivity contribution in [2.45, 2.75) is 19.9 Å². The molecular formula is C18H19N3O2. The summed E-state index contributed by atoms with van der Waals surface area (Å²) in [7, 11) is 0. The number of benzene rings is 2. The first-order valence-corrected chi connectivity index (χ1v) is 7.32. The van der Waals surface area contributed by atoms with Gasteiger partial charge in [0.25, 0.3) is 11.8 Å². The highest BCUT2D eigenvalue weighted by atomic mass is 16.2. The molecule has 2 amide bonds. The van der Waals surface area contributed by atoms with Gasteiger partial charge >= 0.3 is 0 Å². The van der Waals surface area contributed by atoms with Gasteiger partial charge in [-0.25, -0.2) is 5.43 Å². The minimum Gasteiger partial charge on any atom is -0.340 e. The van der Waals surface area contributed by atoms with Crippen molar-refractivity contribution in [2.24, 2.45) is 5.10 Å². The maximum Gasteiger partial charge on any atom is 0.262 e. The third-order valence-corrected chi connectivity index (χ3v) is 3.24. The largest absolute Gasteiger partial charge is 0.340 e. The van der Waals surface area contributed by atoms with Gasteiger partial charge in [0.15, 0.2) is 0 Å². The minimum atomic E-state index is -0.683. The molecule has 0 radical (unpaired) electrons. The van der Waals surface area contributed by atoms with E-state index in [-0.39, 0.29) is 11.8 Å². The predicted octanol–water partition coefficient (Wildman–Crippen LogP) is 2.26. The van der Waals surface area contributed by atoms with Crippen molar-refractivity contribution in [3.8, 4) is 0 Å². The van der Waals surface area contributed by atoms with Crippen molar-refractivity contribution in [3.05, 3.63) is 71.3 Å². The summed E-state index contributed by atoms with van der Waals surface area (Å²) in [6.45, 7) is 3.61. The fourth-order valence-electron chi connectivity index (χ4n) is 1.85. The molecule has 5 nitrogen and oxygen atoms in total. The molecule has 0 unspecified atom stereocenters. The second-order valence-corrected chi connectivity index (χ2v) is 5.21. The monoisotopic (exact) mass is 309 g/mol. The minimum absolute atomic E-state index is 0.296. The molecule has 0 bridgehead atoms. The van der Waals surface area contributed by atoms with Crippen molar-refractivity contribution >= 4 is 18.0 Å². The van der Waals surface area contributed by atoms with Crippen molar-refractivity contribution in [1.29, 1.82) is 0 Å². The molecule has 0 aromatic heterocycles. The van der Waals surface area contributed by atoms with Gasteiger partial charge < -0.3 is 5.32 Å². The Labute approximate surface area is 135 Å². The number of nitrogens with zero attached hydrogens (tertiary/aromatic N) is 1. The number of nitrogens with one attached hydrogen (secondary N) is 2. The number of aryl methyl sites for hydroxylation is 1. The summed E-state index contributed by atoms with van der Waals surface area (Å²) >= 11 is 0. The van der Waals surface area contributed by atoms with Crippen LogP contribution in [0.1, 0.15) is 28.4 Å². The molecule has 0 spiro atoms. The molecule has 0 saturated heterocycles. The summed E-state index contributed by atoms with van der Waals surface area (Å²) in [5, 5.41) is 6.52. The lowest BCUT2D eigenvalue weighted by Gasteiger charge is -2.12. The molecule has 118 valence electrons. The molecule has 23 heavy (non-hydrogen) atoms. The van der Waals surface area contributed by atoms with Crippen molar-refractivity contribution < 1.29 is 9.59 Å². The van der Waals surface area contributed by atoms with Crippen LogP contribution in [0.25, 0.3) is 0 Å². The van der Waals surface area contributed by atoms with Crippen LogP contribution in [-0.4, -0.2) is 24.1 Å². The fourth-order valence-corrected chi connectivity index (χ4v) is 1.85. The van der Waals surface area contributed by atoms with E-state index >= 15 is 0 Å². The van der Waals surface area contributed by atoms with E-state index in [0.717, 1.165) is 11.1 Å². The third-order valence-electron chi connectivity index (χ3n) is 3.24. The summed E-state index contributed by atoms with van der Waals surface area (Å²) in [6.07, 6.45) is 1.56. The number of carbonyl (C=O) groups excluding carboxylic acids is 2. The van der Waals surface area contributed by atoms with Crippen LogP contribution < -0.4 is 10.7 Å². The van der Waals surface area contributed by atoms with Crippen LogP contribution in [0.4, 0.5) is 0 Å². The fraction of sp³-hybridized carbons (Fsp3) is 0.167. The molecule has 1 atom stereocenters. The van der Waals surface area contributed by atoms with Gasteiger partial charge in [0, 0.05) is 5.56 Å². The van der Waals surface area contributed by atoms with E-state index in [2.05, 4.69) is 15.8 Å². The van der Waals surface area contributed by atoms with Crippen LogP contribution in [0.15, 0.2) is 59.7 Å². The van der Waals surface area contributed by atoms with E-state index < -0.39 is 6.04 Å². The van der Waals surface area contributed by atoms with Crippen LogP contribution in [0, 0.1) is 6.92 Å². The molecule has 0 aliphatic rings. The van der Waals surface area contributed by atoms with E-state index in [4.69, 9.17) is 0 Å². The van der Waals surface area contributed by atoms with E-state index in [9.17, 15) is 9.59 Å². The molecule has 2 aromatic rings. The van der Waals surface area contributed by atoms with Gasteiger partial charge in [-0.15, -0.1) is 0 Å². The number of hydrogen-bond donors (Lipinski definition) is 2. The summed E-state index contributed by atoms with van der Waals surface area (Å²) in [6, 6.07) is 15.8. The Morgan fingerprint density at radius 3 is 2.35 bits per heavy atom. The standard InChI is InChI=1S/C18H19N3O2/c1-13-8-10-15(11-9-13)12-19-21-17(22)14(2)20-18(23)16-6-4-3-5-7-16/h3-12,14H,1-2H3,(H,20,23)(H,21,22)/b19-12-/t14-/m0/s1. The lowest BCUT2D eigenvalue weighted by atomic mass is 10.2. The zero-order valence-corrected chi connectivity index (χ0v) is 13.1. The summed E-state index contributed by atoms with van der Waals surface area (Å²) in [5.41, 5.74) is 4.97. The molecule has 5 heteroatoms. The third kappa shape index (κ3) is 5.07. The van der Waals surface area contributed by atoms with E-state index in [1.165, 1.54) is 0 Å². The number of rotatable bonds is 5. The number of hydrazone groups is 1. The Morgan fingerprint density at radius 2 is 1.70 bits per heavy atom. The van der Waals surface area contributed by atoms with E-state index in [0.29, 0.717) is 5.56 Å².